The fourth-order valence-electron chi connectivity index (χ4n) is 0.354. The van der Waals surface area contributed by atoms with Crippen LogP contribution in [0.5, 0.6) is 0 Å². The normalized spacial score (nSPS) is 4.20. The number of rotatable bonds is 2. The van der Waals surface area contributed by atoms with Gasteiger partial charge in [0.15, 0.2) is 0 Å². The molecule has 0 bridgehead atoms. The van der Waals surface area contributed by atoms with Gasteiger partial charge < -0.3 is 0 Å². The molecule has 0 atom stereocenters. The topological polar surface area (TPSA) is 0 Å². The summed E-state index contributed by atoms with van der Waals surface area (Å²) in [6, 6.07) is 0. The van der Waals surface area contributed by atoms with Crippen molar-refractivity contribution in [3.8, 4) is 0 Å². The minimum atomic E-state index is 0. The molecule has 0 heterocycles. The van der Waals surface area contributed by atoms with Crippen LogP contribution in [0.2, 0.25) is 0 Å². The van der Waals surface area contributed by atoms with Gasteiger partial charge in [-0.05, 0) is 0 Å². The summed E-state index contributed by atoms with van der Waals surface area (Å²) in [5.74, 6) is 0. The number of halogens is 5. The molecule has 0 rings (SSSR count). The van der Waals surface area contributed by atoms with E-state index in [2.05, 4.69) is 13.8 Å². The molecule has 0 unspecified atom stereocenters. The van der Waals surface area contributed by atoms with Gasteiger partial charge in [0.25, 0.3) is 0 Å². The lowest BCUT2D eigenvalue weighted by molar-refractivity contribution is 0.772. The van der Waals surface area contributed by atoms with Crippen molar-refractivity contribution in [1.29, 1.82) is 0 Å². The Kier molecular flexibility index (Phi) is 391. The van der Waals surface area contributed by atoms with E-state index >= 15 is 0 Å². The van der Waals surface area contributed by atoms with Crippen LogP contribution in [0.15, 0.2) is 0 Å². The van der Waals surface area contributed by atoms with Crippen molar-refractivity contribution in [1.82, 2.24) is 0 Å². The minimum absolute atomic E-state index is 0. The van der Waals surface area contributed by atoms with E-state index in [1.165, 1.54) is 19.3 Å². The first-order valence-corrected chi connectivity index (χ1v) is 2.41. The molecule has 5 heteroatoms. The molecular weight excluding hydrogens is 155 g/mol. The highest BCUT2D eigenvalue weighted by molar-refractivity contribution is 4.24. The van der Waals surface area contributed by atoms with Crippen LogP contribution in [0.1, 0.15) is 33.1 Å². The lowest BCUT2D eigenvalue weighted by Gasteiger charge is -1.79. The largest absolute Gasteiger partial charge is 0.269 e. The predicted octanol–water partition coefficient (Wildman–Crippen LogP) is 2.96. The molecule has 0 amide bonds. The van der Waals surface area contributed by atoms with E-state index < -0.39 is 0 Å². The maximum atomic E-state index is 2.21. The van der Waals surface area contributed by atoms with E-state index in [-0.39, 0.29) is 23.5 Å². The van der Waals surface area contributed by atoms with Gasteiger partial charge in [-0.3, -0.25) is 23.5 Å². The Morgan fingerprint density at radius 1 is 0.600 bits per heavy atom. The van der Waals surface area contributed by atoms with Crippen molar-refractivity contribution in [3.05, 3.63) is 0 Å². The van der Waals surface area contributed by atoms with Crippen LogP contribution in [0.3, 0.4) is 0 Å². The van der Waals surface area contributed by atoms with Gasteiger partial charge in [0.1, 0.15) is 0 Å². The lowest BCUT2D eigenvalue weighted by Crippen LogP contribution is -1.59. The fraction of sp³-hybridized carbons (Fsp3) is 1.00. The van der Waals surface area contributed by atoms with Crippen molar-refractivity contribution in [2.24, 2.45) is 0 Å². The second-order valence-electron chi connectivity index (χ2n) is 1.35. The lowest BCUT2D eigenvalue weighted by atomic mass is 10.3. The number of unbranched alkanes of at least 4 members (excludes halogenated alkanes) is 2. The van der Waals surface area contributed by atoms with Crippen molar-refractivity contribution < 1.29 is 23.5 Å². The third-order valence-corrected chi connectivity index (χ3v) is 0.707. The Morgan fingerprint density at radius 2 is 0.800 bits per heavy atom. The molecule has 0 fully saturated rings. The van der Waals surface area contributed by atoms with Crippen LogP contribution in [0.25, 0.3) is 0 Å². The summed E-state index contributed by atoms with van der Waals surface area (Å²) < 4.78 is 0. The van der Waals surface area contributed by atoms with Gasteiger partial charge in [-0.15, -0.1) is 0 Å². The minimum Gasteiger partial charge on any atom is -0.269 e. The van der Waals surface area contributed by atoms with E-state index in [4.69, 9.17) is 0 Å². The molecule has 10 heavy (non-hydrogen) atoms. The van der Waals surface area contributed by atoms with Crippen molar-refractivity contribution >= 4 is 0 Å². The Hall–Kier alpha value is -0.350. The molecule has 0 saturated carbocycles. The molecule has 0 nitrogen and oxygen atoms in total. The molecule has 0 N–H and O–H groups in total. The van der Waals surface area contributed by atoms with Crippen molar-refractivity contribution in [2.45, 2.75) is 33.1 Å². The van der Waals surface area contributed by atoms with Crippen LogP contribution >= 0.6 is 0 Å². The SMILES string of the molecule is CCCCC.F.F.F.F.F. The quantitative estimate of drug-likeness (QED) is 0.562. The Balaban J connectivity index is -0.00000000800. The molecule has 0 spiro atoms. The second-order valence-corrected chi connectivity index (χ2v) is 1.35. The first-order valence-electron chi connectivity index (χ1n) is 2.41. The van der Waals surface area contributed by atoms with Crippen LogP contribution in [-0.4, -0.2) is 0 Å². The summed E-state index contributed by atoms with van der Waals surface area (Å²) in [7, 11) is 0. The molecule has 72 valence electrons. The third kappa shape index (κ3) is 124. The second kappa shape index (κ2) is 72.1. The fourth-order valence-corrected chi connectivity index (χ4v) is 0.354. The molecule has 0 radical (unpaired) electrons. The summed E-state index contributed by atoms with van der Waals surface area (Å²) in [5, 5.41) is 0. The number of hydrogen-bond acceptors (Lipinski definition) is 0. The predicted molar refractivity (Wildman–Crippen MR) is 37.7 cm³/mol. The molecule has 0 aromatic rings. The van der Waals surface area contributed by atoms with E-state index in [9.17, 15) is 0 Å². The first kappa shape index (κ1) is 54.2. The molecule has 0 aliphatic carbocycles. The van der Waals surface area contributed by atoms with Gasteiger partial charge >= 0.3 is 0 Å². The summed E-state index contributed by atoms with van der Waals surface area (Å²) in [5.41, 5.74) is 0. The zero-order valence-electron chi connectivity index (χ0n) is 6.16. The van der Waals surface area contributed by atoms with Crippen LogP contribution < -0.4 is 0 Å². The zero-order chi connectivity index (χ0) is 4.12. The van der Waals surface area contributed by atoms with Crippen LogP contribution in [0.4, 0.5) is 23.5 Å². The molecule has 0 aliphatic heterocycles. The third-order valence-electron chi connectivity index (χ3n) is 0.707. The molecule has 0 aromatic heterocycles. The summed E-state index contributed by atoms with van der Waals surface area (Å²) in [6.45, 7) is 4.42. The van der Waals surface area contributed by atoms with Gasteiger partial charge in [0.05, 0.1) is 0 Å². The molecular formula is C5H17F5. The van der Waals surface area contributed by atoms with E-state index in [0.29, 0.717) is 0 Å². The van der Waals surface area contributed by atoms with Crippen molar-refractivity contribution in [2.75, 3.05) is 0 Å². The Bertz CT molecular complexity index is 17.5. The monoisotopic (exact) mass is 172 g/mol. The Labute approximate surface area is 57.8 Å². The number of hydrogen-bond donors (Lipinski definition) is 0. The highest BCUT2D eigenvalue weighted by Crippen LogP contribution is 1.88. The summed E-state index contributed by atoms with van der Waals surface area (Å²) >= 11 is 0. The van der Waals surface area contributed by atoms with Gasteiger partial charge in [-0.1, -0.05) is 33.1 Å². The highest BCUT2D eigenvalue weighted by atomic mass is 19.0. The van der Waals surface area contributed by atoms with E-state index in [1.807, 2.05) is 0 Å². The van der Waals surface area contributed by atoms with Gasteiger partial charge in [0.2, 0.25) is 0 Å². The molecule has 0 saturated heterocycles. The average Bonchev–Trinajstić information content (AvgIpc) is 1.41. The van der Waals surface area contributed by atoms with E-state index in [1.54, 1.807) is 0 Å². The van der Waals surface area contributed by atoms with Crippen LogP contribution in [0, 0.1) is 0 Å². The average molecular weight is 172 g/mol. The van der Waals surface area contributed by atoms with Crippen LogP contribution in [-0.2, 0) is 0 Å². The standard InChI is InChI=1S/C5H12.5FH/c1-3-5-4-2;;;;;/h3-5H2,1-2H3;5*1H. The van der Waals surface area contributed by atoms with Gasteiger partial charge in [-0.25, -0.2) is 0 Å². The Morgan fingerprint density at radius 3 is 0.800 bits per heavy atom. The highest BCUT2D eigenvalue weighted by Gasteiger charge is 1.68. The van der Waals surface area contributed by atoms with E-state index in [0.717, 1.165) is 0 Å². The van der Waals surface area contributed by atoms with Crippen molar-refractivity contribution in [3.63, 3.8) is 0 Å². The smallest absolute Gasteiger partial charge is 0.0538 e. The zero-order valence-corrected chi connectivity index (χ0v) is 6.16. The maximum Gasteiger partial charge on any atom is -0.0538 e. The molecule has 0 aliphatic rings. The summed E-state index contributed by atoms with van der Waals surface area (Å²) in [4.78, 5) is 0. The first-order chi connectivity index (χ1) is 2.41. The van der Waals surface area contributed by atoms with Gasteiger partial charge in [-0.2, -0.15) is 0 Å². The maximum absolute atomic E-state index is 2.21. The molecule has 0 aromatic carbocycles. The van der Waals surface area contributed by atoms with Gasteiger partial charge in [0, 0.05) is 0 Å². The summed E-state index contributed by atoms with van der Waals surface area (Å²) in [6.07, 6.45) is 4.08.